The summed E-state index contributed by atoms with van der Waals surface area (Å²) in [4.78, 5) is 0. The lowest BCUT2D eigenvalue weighted by Crippen LogP contribution is -2.32. The molecule has 0 radical (unpaired) electrons. The van der Waals surface area contributed by atoms with Crippen LogP contribution in [0.1, 0.15) is 47.0 Å². The summed E-state index contributed by atoms with van der Waals surface area (Å²) in [6.45, 7) is 7.41. The summed E-state index contributed by atoms with van der Waals surface area (Å²) < 4.78 is 38.1. The van der Waals surface area contributed by atoms with E-state index in [4.69, 9.17) is 0 Å². The fourth-order valence-corrected chi connectivity index (χ4v) is 2.15. The van der Waals surface area contributed by atoms with Crippen molar-refractivity contribution in [2.24, 2.45) is 17.8 Å². The van der Waals surface area contributed by atoms with E-state index >= 15 is 0 Å². The van der Waals surface area contributed by atoms with Gasteiger partial charge in [0.1, 0.15) is 0 Å². The van der Waals surface area contributed by atoms with E-state index in [1.54, 1.807) is 0 Å². The molecule has 2 unspecified atom stereocenters. The Morgan fingerprint density at radius 1 is 1.07 bits per heavy atom. The molecule has 0 saturated heterocycles. The highest BCUT2D eigenvalue weighted by atomic mass is 19.4. The maximum absolute atomic E-state index is 12.7. The van der Waals surface area contributed by atoms with Crippen LogP contribution in [0.3, 0.4) is 0 Å². The van der Waals surface area contributed by atoms with Crippen LogP contribution in [0.15, 0.2) is 0 Å². The Balaban J connectivity index is 4.60. The number of hydrogen-bond donors (Lipinski definition) is 0. The minimum atomic E-state index is -4.03. The molecule has 0 aliphatic carbocycles. The zero-order chi connectivity index (χ0) is 11.4. The average molecular weight is 210 g/mol. The van der Waals surface area contributed by atoms with Gasteiger partial charge in [-0.2, -0.15) is 13.2 Å². The zero-order valence-electron chi connectivity index (χ0n) is 9.49. The van der Waals surface area contributed by atoms with Crippen molar-refractivity contribution in [3.63, 3.8) is 0 Å². The molecule has 0 N–H and O–H groups in total. The van der Waals surface area contributed by atoms with Gasteiger partial charge in [-0.15, -0.1) is 0 Å². The van der Waals surface area contributed by atoms with Crippen LogP contribution < -0.4 is 0 Å². The smallest absolute Gasteiger partial charge is 0.171 e. The molecule has 0 aliphatic rings. The molecule has 0 aromatic carbocycles. The number of hydrogen-bond acceptors (Lipinski definition) is 0. The molecule has 0 spiro atoms. The predicted octanol–water partition coefficient (Wildman–Crippen LogP) is 4.65. The molecule has 0 aromatic heterocycles. The highest BCUT2D eigenvalue weighted by Crippen LogP contribution is 2.40. The Morgan fingerprint density at radius 3 is 1.79 bits per heavy atom. The monoisotopic (exact) mass is 210 g/mol. The van der Waals surface area contributed by atoms with E-state index in [1.807, 2.05) is 27.7 Å². The summed E-state index contributed by atoms with van der Waals surface area (Å²) in [5.41, 5.74) is 0. The van der Waals surface area contributed by atoms with Gasteiger partial charge in [-0.05, 0) is 18.3 Å². The second-order valence-corrected chi connectivity index (χ2v) is 4.25. The third-order valence-corrected chi connectivity index (χ3v) is 2.86. The zero-order valence-corrected chi connectivity index (χ0v) is 9.49. The van der Waals surface area contributed by atoms with Crippen LogP contribution in [-0.2, 0) is 0 Å². The summed E-state index contributed by atoms with van der Waals surface area (Å²) in [7, 11) is 0. The van der Waals surface area contributed by atoms with Crippen molar-refractivity contribution in [1.29, 1.82) is 0 Å². The highest BCUT2D eigenvalue weighted by molar-refractivity contribution is 4.77. The van der Waals surface area contributed by atoms with Gasteiger partial charge in [-0.1, -0.05) is 40.5 Å². The van der Waals surface area contributed by atoms with Gasteiger partial charge in [0.05, 0.1) is 5.92 Å². The Morgan fingerprint density at radius 2 is 1.57 bits per heavy atom. The number of alkyl halides is 3. The fraction of sp³-hybridized carbons (Fsp3) is 1.00. The average Bonchev–Trinajstić information content (AvgIpc) is 2.02. The molecule has 0 bridgehead atoms. The largest absolute Gasteiger partial charge is 0.392 e. The lowest BCUT2D eigenvalue weighted by molar-refractivity contribution is -0.195. The van der Waals surface area contributed by atoms with Crippen molar-refractivity contribution in [3.05, 3.63) is 0 Å². The summed E-state index contributed by atoms with van der Waals surface area (Å²) >= 11 is 0. The number of halogens is 3. The second kappa shape index (κ2) is 5.62. The third-order valence-electron chi connectivity index (χ3n) is 2.86. The van der Waals surface area contributed by atoms with Crippen molar-refractivity contribution in [1.82, 2.24) is 0 Å². The molecule has 86 valence electrons. The van der Waals surface area contributed by atoms with Crippen molar-refractivity contribution >= 4 is 0 Å². The molecular weight excluding hydrogens is 189 g/mol. The molecule has 0 rings (SSSR count). The van der Waals surface area contributed by atoms with E-state index in [0.717, 1.165) is 0 Å². The molecule has 3 heteroatoms. The van der Waals surface area contributed by atoms with Crippen molar-refractivity contribution in [2.45, 2.75) is 53.1 Å². The molecule has 0 heterocycles. The Bertz CT molecular complexity index is 149. The first-order valence-corrected chi connectivity index (χ1v) is 5.41. The van der Waals surface area contributed by atoms with Crippen LogP contribution in [0, 0.1) is 17.8 Å². The first-order valence-electron chi connectivity index (χ1n) is 5.41. The van der Waals surface area contributed by atoms with Gasteiger partial charge in [-0.3, -0.25) is 0 Å². The van der Waals surface area contributed by atoms with E-state index < -0.39 is 12.1 Å². The molecule has 0 nitrogen and oxygen atoms in total. The Kier molecular flexibility index (Phi) is 5.53. The topological polar surface area (TPSA) is 0 Å². The van der Waals surface area contributed by atoms with Crippen LogP contribution in [0.25, 0.3) is 0 Å². The lowest BCUT2D eigenvalue weighted by Gasteiger charge is -2.30. The highest BCUT2D eigenvalue weighted by Gasteiger charge is 2.43. The maximum Gasteiger partial charge on any atom is 0.392 e. The minimum Gasteiger partial charge on any atom is -0.171 e. The van der Waals surface area contributed by atoms with Crippen molar-refractivity contribution in [3.8, 4) is 0 Å². The molecule has 14 heavy (non-hydrogen) atoms. The van der Waals surface area contributed by atoms with Gasteiger partial charge in [0.2, 0.25) is 0 Å². The van der Waals surface area contributed by atoms with Gasteiger partial charge < -0.3 is 0 Å². The fourth-order valence-electron chi connectivity index (χ4n) is 2.15. The van der Waals surface area contributed by atoms with Gasteiger partial charge in [-0.25, -0.2) is 0 Å². The van der Waals surface area contributed by atoms with E-state index in [-0.39, 0.29) is 18.3 Å². The minimum absolute atomic E-state index is 0.109. The first-order chi connectivity index (χ1) is 6.34. The van der Waals surface area contributed by atoms with E-state index in [0.29, 0.717) is 12.8 Å². The van der Waals surface area contributed by atoms with Gasteiger partial charge in [0.15, 0.2) is 0 Å². The van der Waals surface area contributed by atoms with Crippen LogP contribution in [0.2, 0.25) is 0 Å². The predicted molar refractivity (Wildman–Crippen MR) is 53.1 cm³/mol. The maximum atomic E-state index is 12.7. The van der Waals surface area contributed by atoms with Gasteiger partial charge in [0.25, 0.3) is 0 Å². The summed E-state index contributed by atoms with van der Waals surface area (Å²) in [6, 6.07) is 0. The first kappa shape index (κ1) is 13.8. The lowest BCUT2D eigenvalue weighted by atomic mass is 9.79. The van der Waals surface area contributed by atoms with Crippen molar-refractivity contribution < 1.29 is 13.2 Å². The molecule has 2 atom stereocenters. The molecule has 0 fully saturated rings. The van der Waals surface area contributed by atoms with Crippen LogP contribution >= 0.6 is 0 Å². The molecule has 0 amide bonds. The summed E-state index contributed by atoms with van der Waals surface area (Å²) in [6.07, 6.45) is -2.55. The van der Waals surface area contributed by atoms with Crippen LogP contribution in [0.5, 0.6) is 0 Å². The standard InChI is InChI=1S/C11H21F3/c1-5-7-10(11(12,13)14)9(6-2)8(3)4/h8-10H,5-7H2,1-4H3. The van der Waals surface area contributed by atoms with Gasteiger partial charge in [0, 0.05) is 0 Å². The SMILES string of the molecule is CCCC(C(CC)C(C)C)C(F)(F)F. The summed E-state index contributed by atoms with van der Waals surface area (Å²) in [5, 5.41) is 0. The normalized spacial score (nSPS) is 17.1. The number of rotatable bonds is 5. The Labute approximate surface area is 84.9 Å². The molecule has 0 saturated carbocycles. The third kappa shape index (κ3) is 3.89. The second-order valence-electron chi connectivity index (χ2n) is 4.25. The van der Waals surface area contributed by atoms with E-state index in [9.17, 15) is 13.2 Å². The van der Waals surface area contributed by atoms with Gasteiger partial charge >= 0.3 is 6.18 Å². The Hall–Kier alpha value is -0.210. The molecule has 0 aromatic rings. The summed E-state index contributed by atoms with van der Waals surface area (Å²) in [5.74, 6) is -1.23. The van der Waals surface area contributed by atoms with E-state index in [1.165, 1.54) is 0 Å². The quantitative estimate of drug-likeness (QED) is 0.619. The van der Waals surface area contributed by atoms with Crippen LogP contribution in [0.4, 0.5) is 13.2 Å². The molecular formula is C11H21F3. The molecule has 0 aliphatic heterocycles. The van der Waals surface area contributed by atoms with Crippen LogP contribution in [-0.4, -0.2) is 6.18 Å². The van der Waals surface area contributed by atoms with E-state index in [2.05, 4.69) is 0 Å². The van der Waals surface area contributed by atoms with Crippen molar-refractivity contribution in [2.75, 3.05) is 0 Å².